The minimum atomic E-state index is -3.64. The molecule has 0 aliphatic carbocycles. The van der Waals surface area contributed by atoms with Gasteiger partial charge in [-0.3, -0.25) is 9.10 Å². The number of anilines is 1. The summed E-state index contributed by atoms with van der Waals surface area (Å²) in [6, 6.07) is 8.49. The number of carbonyl (C=O) groups excluding carboxylic acids is 1. The number of sulfonamides is 1. The van der Waals surface area contributed by atoms with Crippen molar-refractivity contribution in [2.45, 2.75) is 60.5 Å². The predicted molar refractivity (Wildman–Crippen MR) is 120 cm³/mol. The first kappa shape index (κ1) is 22.9. The summed E-state index contributed by atoms with van der Waals surface area (Å²) in [7, 11) is -3.64. The lowest BCUT2D eigenvalue weighted by molar-refractivity contribution is -0.122. The average molecular weight is 417 g/mol. The molecule has 2 atom stereocenters. The molecule has 0 unspecified atom stereocenters. The second-order valence-corrected chi connectivity index (χ2v) is 9.89. The first-order chi connectivity index (χ1) is 13.3. The normalized spacial score (nSPS) is 13.7. The van der Waals surface area contributed by atoms with E-state index in [1.54, 1.807) is 19.1 Å². The first-order valence-electron chi connectivity index (χ1n) is 9.77. The molecule has 29 heavy (non-hydrogen) atoms. The van der Waals surface area contributed by atoms with Gasteiger partial charge in [0.1, 0.15) is 6.04 Å². The van der Waals surface area contributed by atoms with E-state index in [0.29, 0.717) is 5.69 Å². The van der Waals surface area contributed by atoms with Crippen molar-refractivity contribution >= 4 is 21.6 Å². The number of nitrogens with one attached hydrogen (secondary N) is 1. The van der Waals surface area contributed by atoms with Gasteiger partial charge < -0.3 is 5.32 Å². The molecular weight excluding hydrogens is 384 g/mol. The van der Waals surface area contributed by atoms with Gasteiger partial charge in [-0.15, -0.1) is 0 Å². The molecule has 0 saturated carbocycles. The molecule has 2 aromatic carbocycles. The van der Waals surface area contributed by atoms with E-state index in [4.69, 9.17) is 0 Å². The second-order valence-electron chi connectivity index (χ2n) is 8.03. The maximum atomic E-state index is 13.0. The van der Waals surface area contributed by atoms with E-state index < -0.39 is 16.1 Å². The van der Waals surface area contributed by atoms with Crippen molar-refractivity contribution in [1.29, 1.82) is 0 Å². The highest BCUT2D eigenvalue weighted by Crippen LogP contribution is 2.25. The largest absolute Gasteiger partial charge is 0.348 e. The van der Waals surface area contributed by atoms with E-state index in [2.05, 4.69) is 24.4 Å². The van der Waals surface area contributed by atoms with Gasteiger partial charge in [0.15, 0.2) is 0 Å². The van der Waals surface area contributed by atoms with Gasteiger partial charge in [0, 0.05) is 0 Å². The monoisotopic (exact) mass is 416 g/mol. The van der Waals surface area contributed by atoms with Gasteiger partial charge in [-0.05, 0) is 94.0 Å². The maximum Gasteiger partial charge on any atom is 0.244 e. The van der Waals surface area contributed by atoms with E-state index in [1.807, 2.05) is 40.7 Å². The van der Waals surface area contributed by atoms with Crippen LogP contribution in [0, 0.1) is 34.6 Å². The Labute approximate surface area is 175 Å². The molecule has 158 valence electrons. The molecule has 1 N–H and O–H groups in total. The average Bonchev–Trinajstić information content (AvgIpc) is 2.59. The summed E-state index contributed by atoms with van der Waals surface area (Å²) in [4.78, 5) is 13.0. The number of hydrogen-bond acceptors (Lipinski definition) is 3. The van der Waals surface area contributed by atoms with Crippen molar-refractivity contribution in [2.75, 3.05) is 10.6 Å². The Bertz CT molecular complexity index is 1030. The number of amides is 1. The summed E-state index contributed by atoms with van der Waals surface area (Å²) in [5, 5.41) is 2.99. The third kappa shape index (κ3) is 5.18. The first-order valence-corrected chi connectivity index (χ1v) is 11.6. The molecule has 0 aliphatic rings. The van der Waals surface area contributed by atoms with Crippen LogP contribution >= 0.6 is 0 Å². The fourth-order valence-corrected chi connectivity index (χ4v) is 4.70. The number of benzene rings is 2. The van der Waals surface area contributed by atoms with E-state index in [9.17, 15) is 13.2 Å². The van der Waals surface area contributed by atoms with E-state index in [1.165, 1.54) is 9.87 Å². The number of nitrogens with zero attached hydrogens (tertiary/aromatic N) is 1. The summed E-state index contributed by atoms with van der Waals surface area (Å²) in [6.45, 7) is 13.5. The summed E-state index contributed by atoms with van der Waals surface area (Å²) in [5.41, 5.74) is 7.03. The van der Waals surface area contributed by atoms with E-state index in [0.717, 1.165) is 34.1 Å². The van der Waals surface area contributed by atoms with Crippen LogP contribution in [0.5, 0.6) is 0 Å². The van der Waals surface area contributed by atoms with Gasteiger partial charge in [-0.25, -0.2) is 8.42 Å². The topological polar surface area (TPSA) is 66.5 Å². The van der Waals surface area contributed by atoms with Crippen molar-refractivity contribution in [3.05, 3.63) is 63.7 Å². The molecule has 0 saturated heterocycles. The Morgan fingerprint density at radius 2 is 1.41 bits per heavy atom. The molecule has 2 aromatic rings. The molecule has 0 heterocycles. The SMILES string of the molecule is Cc1ccc(N([C@@H](C)C(=O)N[C@@H](C)c2cc(C)c(C)cc2C)S(C)(=O)=O)cc1C. The number of rotatable bonds is 6. The molecule has 2 rings (SSSR count). The van der Waals surface area contributed by atoms with E-state index >= 15 is 0 Å². The van der Waals surface area contributed by atoms with Crippen molar-refractivity contribution < 1.29 is 13.2 Å². The third-order valence-electron chi connectivity index (χ3n) is 5.54. The highest BCUT2D eigenvalue weighted by atomic mass is 32.2. The Hall–Kier alpha value is -2.34. The van der Waals surface area contributed by atoms with Gasteiger partial charge in [0.2, 0.25) is 15.9 Å². The molecule has 0 bridgehead atoms. The highest BCUT2D eigenvalue weighted by molar-refractivity contribution is 7.92. The van der Waals surface area contributed by atoms with Crippen LogP contribution in [0.4, 0.5) is 5.69 Å². The molecule has 0 fully saturated rings. The number of aryl methyl sites for hydroxylation is 5. The van der Waals surface area contributed by atoms with Crippen LogP contribution in [-0.2, 0) is 14.8 Å². The molecular formula is C23H32N2O3S. The van der Waals surface area contributed by atoms with Crippen LogP contribution in [0.15, 0.2) is 30.3 Å². The predicted octanol–water partition coefficient (Wildman–Crippen LogP) is 4.26. The van der Waals surface area contributed by atoms with Crippen molar-refractivity contribution in [3.63, 3.8) is 0 Å². The Morgan fingerprint density at radius 3 is 1.97 bits per heavy atom. The van der Waals surface area contributed by atoms with Crippen LogP contribution in [0.2, 0.25) is 0 Å². The van der Waals surface area contributed by atoms with Crippen molar-refractivity contribution in [1.82, 2.24) is 5.32 Å². The fraction of sp³-hybridized carbons (Fsp3) is 0.435. The number of hydrogen-bond donors (Lipinski definition) is 1. The summed E-state index contributed by atoms with van der Waals surface area (Å²) < 4.78 is 26.2. The Kier molecular flexibility index (Phi) is 6.78. The third-order valence-corrected chi connectivity index (χ3v) is 6.78. The van der Waals surface area contributed by atoms with Gasteiger partial charge in [0.25, 0.3) is 0 Å². The van der Waals surface area contributed by atoms with Crippen LogP contribution in [0.25, 0.3) is 0 Å². The van der Waals surface area contributed by atoms with Crippen molar-refractivity contribution in [3.8, 4) is 0 Å². The summed E-state index contributed by atoms with van der Waals surface area (Å²) in [5.74, 6) is -0.334. The zero-order valence-corrected chi connectivity index (χ0v) is 19.4. The van der Waals surface area contributed by atoms with Gasteiger partial charge >= 0.3 is 0 Å². The lowest BCUT2D eigenvalue weighted by Gasteiger charge is -2.30. The lowest BCUT2D eigenvalue weighted by atomic mass is 9.96. The molecule has 1 amide bonds. The standard InChI is InChI=1S/C23H32N2O3S/c1-14-9-10-21(12-16(14)3)25(29(8,27)28)20(7)23(26)24-19(6)22-13-17(4)15(2)11-18(22)5/h9-13,19-20H,1-8H3,(H,24,26)/t19-,20-/m0/s1. The smallest absolute Gasteiger partial charge is 0.244 e. The van der Waals surface area contributed by atoms with Crippen LogP contribution < -0.4 is 9.62 Å². The van der Waals surface area contributed by atoms with Crippen LogP contribution in [0.1, 0.15) is 53.3 Å². The van der Waals surface area contributed by atoms with Gasteiger partial charge in [-0.1, -0.05) is 18.2 Å². The highest BCUT2D eigenvalue weighted by Gasteiger charge is 2.30. The second kappa shape index (κ2) is 8.57. The van der Waals surface area contributed by atoms with Gasteiger partial charge in [0.05, 0.1) is 18.0 Å². The molecule has 6 heteroatoms. The fourth-order valence-electron chi connectivity index (χ4n) is 3.53. The Balaban J connectivity index is 2.32. The Morgan fingerprint density at radius 1 is 0.862 bits per heavy atom. The zero-order valence-electron chi connectivity index (χ0n) is 18.6. The lowest BCUT2D eigenvalue weighted by Crippen LogP contribution is -2.48. The van der Waals surface area contributed by atoms with Crippen LogP contribution in [0.3, 0.4) is 0 Å². The summed E-state index contributed by atoms with van der Waals surface area (Å²) in [6.07, 6.45) is 1.13. The molecule has 0 aromatic heterocycles. The quantitative estimate of drug-likeness (QED) is 0.765. The van der Waals surface area contributed by atoms with Gasteiger partial charge in [-0.2, -0.15) is 0 Å². The van der Waals surface area contributed by atoms with Crippen molar-refractivity contribution in [2.24, 2.45) is 0 Å². The molecule has 0 radical (unpaired) electrons. The number of carbonyl (C=O) groups is 1. The van der Waals surface area contributed by atoms with E-state index in [-0.39, 0.29) is 11.9 Å². The zero-order chi connectivity index (χ0) is 22.1. The maximum absolute atomic E-state index is 13.0. The minimum Gasteiger partial charge on any atom is -0.348 e. The summed E-state index contributed by atoms with van der Waals surface area (Å²) >= 11 is 0. The minimum absolute atomic E-state index is 0.231. The molecule has 5 nitrogen and oxygen atoms in total. The molecule has 0 spiro atoms. The molecule has 0 aliphatic heterocycles. The van der Waals surface area contributed by atoms with Crippen LogP contribution in [-0.4, -0.2) is 26.6 Å².